The first-order valence-corrected chi connectivity index (χ1v) is 34.6. The van der Waals surface area contributed by atoms with Gasteiger partial charge in [-0.25, -0.2) is 0 Å². The third kappa shape index (κ3) is 65.4. The number of carbonyl (C=O) groups is 3. The smallest absolute Gasteiger partial charge is 0.306 e. The van der Waals surface area contributed by atoms with Crippen LogP contribution in [0.3, 0.4) is 0 Å². The maximum Gasteiger partial charge on any atom is 0.306 e. The van der Waals surface area contributed by atoms with Gasteiger partial charge in [0.1, 0.15) is 13.2 Å². The molecule has 462 valence electrons. The predicted molar refractivity (Wildman–Crippen MR) is 348 cm³/mol. The highest BCUT2D eigenvalue weighted by Gasteiger charge is 2.19. The maximum atomic E-state index is 13.0. The van der Waals surface area contributed by atoms with Gasteiger partial charge < -0.3 is 14.2 Å². The standard InChI is InChI=1S/C74H130O6/c1-4-7-10-13-16-19-22-25-28-31-34-35-36-37-38-39-41-43-46-49-52-55-58-61-64-67-73(76)79-70-71(69-78-72(75)66-63-60-57-54-51-48-45-42-33-30-27-24-21-18-15-12-9-6-3)80-74(77)68-65-62-59-56-53-50-47-44-40-32-29-26-23-20-17-14-11-8-5-2/h7,10,16-17,19-20,25-26,28-29,34-35,37-38,71H,4-6,8-9,11-15,18,21-24,27,30-33,36,39-70H2,1-3H3/b10-7-,19-16-,20-17-,28-25-,29-26-,35-34-,38-37-. The quantitative estimate of drug-likeness (QED) is 0.0261. The van der Waals surface area contributed by atoms with Crippen LogP contribution in [-0.4, -0.2) is 37.2 Å². The van der Waals surface area contributed by atoms with Crippen molar-refractivity contribution < 1.29 is 28.6 Å². The van der Waals surface area contributed by atoms with Crippen LogP contribution in [0, 0.1) is 0 Å². The SMILES string of the molecule is CC/C=C\C/C=C\C/C=C\C/C=C\C/C=C\CCCCCCCCCCCC(=O)OCC(COC(=O)CCCCCCCCCCCCCCCCCCCC)OC(=O)CCCCCCCCCCC/C=C\C/C=C\CCCCC. The highest BCUT2D eigenvalue weighted by molar-refractivity contribution is 5.71. The van der Waals surface area contributed by atoms with Crippen LogP contribution in [0.1, 0.15) is 348 Å². The Morgan fingerprint density at radius 2 is 0.487 bits per heavy atom. The van der Waals surface area contributed by atoms with E-state index in [0.29, 0.717) is 19.3 Å². The van der Waals surface area contributed by atoms with Gasteiger partial charge >= 0.3 is 17.9 Å². The summed E-state index contributed by atoms with van der Waals surface area (Å²) in [7, 11) is 0. The van der Waals surface area contributed by atoms with Gasteiger partial charge in [0.25, 0.3) is 0 Å². The van der Waals surface area contributed by atoms with Crippen LogP contribution >= 0.6 is 0 Å². The molecule has 0 N–H and O–H groups in total. The third-order valence-corrected chi connectivity index (χ3v) is 15.1. The molecule has 0 spiro atoms. The lowest BCUT2D eigenvalue weighted by atomic mass is 10.0. The minimum Gasteiger partial charge on any atom is -0.462 e. The Hall–Kier alpha value is -3.41. The molecule has 1 atom stereocenters. The number of allylic oxidation sites excluding steroid dienone is 14. The number of ether oxygens (including phenoxy) is 3. The molecule has 6 nitrogen and oxygen atoms in total. The molecule has 0 aliphatic heterocycles. The highest BCUT2D eigenvalue weighted by Crippen LogP contribution is 2.17. The summed E-state index contributed by atoms with van der Waals surface area (Å²) in [5.41, 5.74) is 0. The van der Waals surface area contributed by atoms with Crippen LogP contribution in [0.4, 0.5) is 0 Å². The average molecular weight is 1120 g/mol. The second kappa shape index (κ2) is 68.1. The van der Waals surface area contributed by atoms with Gasteiger partial charge in [-0.3, -0.25) is 14.4 Å². The lowest BCUT2D eigenvalue weighted by Gasteiger charge is -2.18. The van der Waals surface area contributed by atoms with Crippen molar-refractivity contribution in [3.05, 3.63) is 85.1 Å². The zero-order valence-corrected chi connectivity index (χ0v) is 53.1. The van der Waals surface area contributed by atoms with Crippen molar-refractivity contribution >= 4 is 17.9 Å². The van der Waals surface area contributed by atoms with E-state index in [-0.39, 0.29) is 31.1 Å². The summed E-state index contributed by atoms with van der Waals surface area (Å²) >= 11 is 0. The Morgan fingerprint density at radius 1 is 0.263 bits per heavy atom. The fourth-order valence-corrected chi connectivity index (χ4v) is 9.97. The van der Waals surface area contributed by atoms with Crippen molar-refractivity contribution in [2.75, 3.05) is 13.2 Å². The molecular weight excluding hydrogens is 985 g/mol. The second-order valence-electron chi connectivity index (χ2n) is 23.1. The number of hydrogen-bond acceptors (Lipinski definition) is 6. The second-order valence-corrected chi connectivity index (χ2v) is 23.1. The molecule has 0 radical (unpaired) electrons. The summed E-state index contributed by atoms with van der Waals surface area (Å²) in [6, 6.07) is 0. The van der Waals surface area contributed by atoms with Gasteiger partial charge in [0.15, 0.2) is 6.10 Å². The van der Waals surface area contributed by atoms with E-state index in [4.69, 9.17) is 14.2 Å². The van der Waals surface area contributed by atoms with Gasteiger partial charge in [-0.1, -0.05) is 318 Å². The molecule has 80 heavy (non-hydrogen) atoms. The average Bonchev–Trinajstić information content (AvgIpc) is 3.46. The lowest BCUT2D eigenvalue weighted by Crippen LogP contribution is -2.30. The van der Waals surface area contributed by atoms with Crippen molar-refractivity contribution in [3.8, 4) is 0 Å². The Balaban J connectivity index is 4.36. The molecule has 0 fully saturated rings. The molecule has 0 aromatic heterocycles. The zero-order chi connectivity index (χ0) is 57.8. The van der Waals surface area contributed by atoms with Gasteiger partial charge in [0.05, 0.1) is 0 Å². The van der Waals surface area contributed by atoms with E-state index in [9.17, 15) is 14.4 Å². The lowest BCUT2D eigenvalue weighted by molar-refractivity contribution is -0.167. The molecule has 0 amide bonds. The first-order valence-electron chi connectivity index (χ1n) is 34.6. The Labute approximate surface area is 496 Å². The molecule has 0 aliphatic carbocycles. The molecule has 0 aliphatic rings. The zero-order valence-electron chi connectivity index (χ0n) is 53.1. The van der Waals surface area contributed by atoms with E-state index in [1.807, 2.05) is 0 Å². The molecular formula is C74H130O6. The first-order chi connectivity index (χ1) is 39.5. The monoisotopic (exact) mass is 1110 g/mol. The van der Waals surface area contributed by atoms with Gasteiger partial charge in [-0.05, 0) is 96.3 Å². The van der Waals surface area contributed by atoms with Crippen LogP contribution in [0.15, 0.2) is 85.1 Å². The Kier molecular flexibility index (Phi) is 65.2. The summed E-state index contributed by atoms with van der Waals surface area (Å²) < 4.78 is 17.0. The Bertz CT molecular complexity index is 1520. The largest absolute Gasteiger partial charge is 0.462 e. The molecule has 0 rings (SSSR count). The molecule has 0 heterocycles. The van der Waals surface area contributed by atoms with Gasteiger partial charge in [0, 0.05) is 19.3 Å². The number of unbranched alkanes of at least 4 members (excludes halogenated alkanes) is 38. The molecule has 0 aromatic carbocycles. The molecule has 1 unspecified atom stereocenters. The Morgan fingerprint density at radius 3 is 0.787 bits per heavy atom. The molecule has 0 bridgehead atoms. The number of hydrogen-bond donors (Lipinski definition) is 0. The summed E-state index contributed by atoms with van der Waals surface area (Å²) in [6.45, 7) is 6.55. The van der Waals surface area contributed by atoms with Crippen molar-refractivity contribution in [2.24, 2.45) is 0 Å². The van der Waals surface area contributed by atoms with Crippen LogP contribution < -0.4 is 0 Å². The number of esters is 3. The van der Waals surface area contributed by atoms with Crippen LogP contribution in [0.25, 0.3) is 0 Å². The molecule has 6 heteroatoms. The molecule has 0 aromatic rings. The van der Waals surface area contributed by atoms with Gasteiger partial charge in [-0.15, -0.1) is 0 Å². The molecule has 0 saturated heterocycles. The third-order valence-electron chi connectivity index (χ3n) is 15.1. The van der Waals surface area contributed by atoms with Crippen LogP contribution in [0.5, 0.6) is 0 Å². The van der Waals surface area contributed by atoms with E-state index in [1.54, 1.807) is 0 Å². The highest BCUT2D eigenvalue weighted by atomic mass is 16.6. The topological polar surface area (TPSA) is 78.9 Å². The summed E-state index contributed by atoms with van der Waals surface area (Å²) in [4.78, 5) is 38.5. The van der Waals surface area contributed by atoms with Crippen LogP contribution in [0.2, 0.25) is 0 Å². The number of rotatable bonds is 63. The van der Waals surface area contributed by atoms with E-state index in [2.05, 4.69) is 106 Å². The van der Waals surface area contributed by atoms with E-state index in [1.165, 1.54) is 205 Å². The minimum absolute atomic E-state index is 0.0763. The summed E-state index contributed by atoms with van der Waals surface area (Å²) in [6.07, 6.45) is 90.2. The first kappa shape index (κ1) is 76.6. The van der Waals surface area contributed by atoms with Gasteiger partial charge in [-0.2, -0.15) is 0 Å². The van der Waals surface area contributed by atoms with Crippen LogP contribution in [-0.2, 0) is 28.6 Å². The summed E-state index contributed by atoms with van der Waals surface area (Å²) in [5, 5.41) is 0. The number of carbonyl (C=O) groups excluding carboxylic acids is 3. The van der Waals surface area contributed by atoms with Gasteiger partial charge in [0.2, 0.25) is 0 Å². The van der Waals surface area contributed by atoms with Crippen molar-refractivity contribution in [3.63, 3.8) is 0 Å². The molecule has 0 saturated carbocycles. The van der Waals surface area contributed by atoms with Crippen molar-refractivity contribution in [1.29, 1.82) is 0 Å². The minimum atomic E-state index is -0.782. The van der Waals surface area contributed by atoms with E-state index in [0.717, 1.165) is 103 Å². The fraction of sp³-hybridized carbons (Fsp3) is 0.770. The normalized spacial score (nSPS) is 12.6. The van der Waals surface area contributed by atoms with Crippen molar-refractivity contribution in [2.45, 2.75) is 354 Å². The van der Waals surface area contributed by atoms with E-state index >= 15 is 0 Å². The maximum absolute atomic E-state index is 13.0. The summed E-state index contributed by atoms with van der Waals surface area (Å²) in [5.74, 6) is -0.867. The predicted octanol–water partition coefficient (Wildman–Crippen LogP) is 23.8. The van der Waals surface area contributed by atoms with Crippen molar-refractivity contribution in [1.82, 2.24) is 0 Å². The fourth-order valence-electron chi connectivity index (χ4n) is 9.97. The van der Waals surface area contributed by atoms with E-state index < -0.39 is 6.10 Å².